The summed E-state index contributed by atoms with van der Waals surface area (Å²) in [5.74, 6) is 5.79. The molecule has 3 nitrogen and oxygen atoms in total. The maximum absolute atomic E-state index is 10.3. The topological polar surface area (TPSA) is 44.9 Å². The molecule has 0 aromatic carbocycles. The van der Waals surface area contributed by atoms with Gasteiger partial charge in [0.25, 0.3) is 0 Å². The van der Waals surface area contributed by atoms with Gasteiger partial charge in [-0.1, -0.05) is 11.8 Å². The number of carbonyl (C=O) groups excluding carboxylic acids is 1. The fraction of sp³-hybridized carbons (Fsp3) is 0.222. The van der Waals surface area contributed by atoms with E-state index >= 15 is 0 Å². The van der Waals surface area contributed by atoms with E-state index in [1.54, 1.807) is 12.3 Å². The highest BCUT2D eigenvalue weighted by Crippen LogP contribution is 1.97. The lowest BCUT2D eigenvalue weighted by molar-refractivity contribution is 0.111. The Kier molecular flexibility index (Phi) is 3.12. The van der Waals surface area contributed by atoms with E-state index in [2.05, 4.69) is 22.1 Å². The Morgan fingerprint density at radius 2 is 2.58 bits per heavy atom. The van der Waals surface area contributed by atoms with E-state index in [-0.39, 0.29) is 0 Å². The standard InChI is InChI=1S/C9H10N2O/c1-10-4-2-3-8-5-9(7-12)11-6-8/h5-7,10-11H,4H2,1H3. The fourth-order valence-corrected chi connectivity index (χ4v) is 0.787. The molecule has 0 spiro atoms. The van der Waals surface area contributed by atoms with E-state index in [9.17, 15) is 4.79 Å². The van der Waals surface area contributed by atoms with Gasteiger partial charge in [0, 0.05) is 11.8 Å². The van der Waals surface area contributed by atoms with Crippen molar-refractivity contribution >= 4 is 6.29 Å². The average molecular weight is 162 g/mol. The normalized spacial score (nSPS) is 8.75. The molecule has 0 aliphatic heterocycles. The summed E-state index contributed by atoms with van der Waals surface area (Å²) < 4.78 is 0. The zero-order valence-electron chi connectivity index (χ0n) is 6.85. The van der Waals surface area contributed by atoms with Gasteiger partial charge in [-0.2, -0.15) is 0 Å². The van der Waals surface area contributed by atoms with Crippen LogP contribution in [0.4, 0.5) is 0 Å². The Bertz CT molecular complexity index is 317. The number of H-pyrrole nitrogens is 1. The van der Waals surface area contributed by atoms with Crippen molar-refractivity contribution in [3.05, 3.63) is 23.5 Å². The van der Waals surface area contributed by atoms with Gasteiger partial charge in [0.05, 0.1) is 12.2 Å². The van der Waals surface area contributed by atoms with E-state index in [4.69, 9.17) is 0 Å². The highest BCUT2D eigenvalue weighted by Gasteiger charge is 1.92. The minimum Gasteiger partial charge on any atom is -0.358 e. The van der Waals surface area contributed by atoms with Crippen LogP contribution in [0.2, 0.25) is 0 Å². The Balaban J connectivity index is 2.65. The first kappa shape index (κ1) is 8.57. The van der Waals surface area contributed by atoms with Crippen LogP contribution < -0.4 is 5.32 Å². The van der Waals surface area contributed by atoms with Crippen LogP contribution in [0.25, 0.3) is 0 Å². The first-order valence-corrected chi connectivity index (χ1v) is 3.64. The summed E-state index contributed by atoms with van der Waals surface area (Å²) in [6, 6.07) is 1.72. The molecule has 0 saturated carbocycles. The van der Waals surface area contributed by atoms with E-state index in [1.807, 2.05) is 7.05 Å². The van der Waals surface area contributed by atoms with Crippen LogP contribution in [-0.4, -0.2) is 24.9 Å². The quantitative estimate of drug-likeness (QED) is 0.488. The molecule has 3 heteroatoms. The Morgan fingerprint density at radius 1 is 1.75 bits per heavy atom. The number of hydrogen-bond donors (Lipinski definition) is 2. The van der Waals surface area contributed by atoms with Crippen molar-refractivity contribution in [1.82, 2.24) is 10.3 Å². The van der Waals surface area contributed by atoms with Crippen LogP contribution in [0, 0.1) is 11.8 Å². The van der Waals surface area contributed by atoms with Crippen LogP contribution in [0.1, 0.15) is 16.1 Å². The average Bonchev–Trinajstić information content (AvgIpc) is 2.53. The van der Waals surface area contributed by atoms with Crippen molar-refractivity contribution in [2.24, 2.45) is 0 Å². The Hall–Kier alpha value is -1.53. The van der Waals surface area contributed by atoms with Gasteiger partial charge in [-0.3, -0.25) is 4.79 Å². The molecule has 0 fully saturated rings. The molecule has 0 amide bonds. The summed E-state index contributed by atoms with van der Waals surface area (Å²) in [6.45, 7) is 0.654. The van der Waals surface area contributed by atoms with Gasteiger partial charge in [0.2, 0.25) is 0 Å². The number of carbonyl (C=O) groups is 1. The number of rotatable bonds is 2. The maximum Gasteiger partial charge on any atom is 0.166 e. The second kappa shape index (κ2) is 4.37. The smallest absolute Gasteiger partial charge is 0.166 e. The fourth-order valence-electron chi connectivity index (χ4n) is 0.787. The van der Waals surface area contributed by atoms with Gasteiger partial charge < -0.3 is 10.3 Å². The Morgan fingerprint density at radius 3 is 3.17 bits per heavy atom. The SMILES string of the molecule is CNCC#Cc1c[nH]c(C=O)c1. The largest absolute Gasteiger partial charge is 0.358 e. The molecule has 0 aliphatic carbocycles. The molecule has 0 aliphatic rings. The van der Waals surface area contributed by atoms with E-state index in [0.717, 1.165) is 11.8 Å². The van der Waals surface area contributed by atoms with Gasteiger partial charge >= 0.3 is 0 Å². The number of aromatic nitrogens is 1. The molecule has 1 aromatic rings. The predicted molar refractivity (Wildman–Crippen MR) is 47.0 cm³/mol. The number of aldehydes is 1. The molecular weight excluding hydrogens is 152 g/mol. The second-order valence-corrected chi connectivity index (χ2v) is 2.29. The highest BCUT2D eigenvalue weighted by atomic mass is 16.1. The predicted octanol–water partition coefficient (Wildman–Crippen LogP) is 0.398. The summed E-state index contributed by atoms with van der Waals surface area (Å²) in [7, 11) is 1.84. The minimum atomic E-state index is 0.559. The third-order valence-electron chi connectivity index (χ3n) is 1.33. The van der Waals surface area contributed by atoms with E-state index in [0.29, 0.717) is 12.2 Å². The zero-order valence-corrected chi connectivity index (χ0v) is 6.85. The van der Waals surface area contributed by atoms with Crippen LogP contribution in [0.15, 0.2) is 12.3 Å². The molecule has 0 radical (unpaired) electrons. The molecule has 1 aromatic heterocycles. The first-order chi connectivity index (χ1) is 5.86. The summed E-state index contributed by atoms with van der Waals surface area (Å²) in [4.78, 5) is 13.0. The summed E-state index contributed by atoms with van der Waals surface area (Å²) in [5, 5.41) is 2.91. The molecule has 62 valence electrons. The van der Waals surface area contributed by atoms with Gasteiger partial charge in [0.15, 0.2) is 6.29 Å². The highest BCUT2D eigenvalue weighted by molar-refractivity contribution is 5.72. The van der Waals surface area contributed by atoms with Gasteiger partial charge in [-0.15, -0.1) is 0 Å². The molecule has 0 saturated heterocycles. The van der Waals surface area contributed by atoms with Crippen LogP contribution in [0.5, 0.6) is 0 Å². The van der Waals surface area contributed by atoms with Gasteiger partial charge in [-0.25, -0.2) is 0 Å². The third-order valence-corrected chi connectivity index (χ3v) is 1.33. The minimum absolute atomic E-state index is 0.559. The molecule has 1 rings (SSSR count). The zero-order chi connectivity index (χ0) is 8.81. The molecular formula is C9H10N2O. The molecule has 0 unspecified atom stereocenters. The second-order valence-electron chi connectivity index (χ2n) is 2.29. The van der Waals surface area contributed by atoms with Crippen molar-refractivity contribution in [3.63, 3.8) is 0 Å². The Labute approximate surface area is 71.2 Å². The molecule has 1 heterocycles. The van der Waals surface area contributed by atoms with Crippen LogP contribution in [-0.2, 0) is 0 Å². The lowest BCUT2D eigenvalue weighted by Gasteiger charge is -1.81. The first-order valence-electron chi connectivity index (χ1n) is 3.64. The van der Waals surface area contributed by atoms with Crippen molar-refractivity contribution < 1.29 is 4.79 Å². The number of hydrogen-bond acceptors (Lipinski definition) is 2. The van der Waals surface area contributed by atoms with Crippen molar-refractivity contribution in [3.8, 4) is 11.8 Å². The summed E-state index contributed by atoms with van der Waals surface area (Å²) in [5.41, 5.74) is 1.40. The lowest BCUT2D eigenvalue weighted by Crippen LogP contribution is -2.04. The van der Waals surface area contributed by atoms with Crippen molar-refractivity contribution in [2.75, 3.05) is 13.6 Å². The number of aromatic amines is 1. The number of nitrogens with one attached hydrogen (secondary N) is 2. The summed E-state index contributed by atoms with van der Waals surface area (Å²) >= 11 is 0. The summed E-state index contributed by atoms with van der Waals surface area (Å²) in [6.07, 6.45) is 2.48. The van der Waals surface area contributed by atoms with E-state index < -0.39 is 0 Å². The van der Waals surface area contributed by atoms with Crippen molar-refractivity contribution in [2.45, 2.75) is 0 Å². The van der Waals surface area contributed by atoms with Crippen LogP contribution >= 0.6 is 0 Å². The molecule has 2 N–H and O–H groups in total. The van der Waals surface area contributed by atoms with Gasteiger partial charge in [0.1, 0.15) is 0 Å². The molecule has 12 heavy (non-hydrogen) atoms. The van der Waals surface area contributed by atoms with Crippen LogP contribution in [0.3, 0.4) is 0 Å². The molecule has 0 atom stereocenters. The maximum atomic E-state index is 10.3. The van der Waals surface area contributed by atoms with E-state index in [1.165, 1.54) is 0 Å². The molecule has 0 bridgehead atoms. The van der Waals surface area contributed by atoms with Crippen molar-refractivity contribution in [1.29, 1.82) is 0 Å². The van der Waals surface area contributed by atoms with Gasteiger partial charge in [-0.05, 0) is 13.1 Å². The third kappa shape index (κ3) is 2.26. The lowest BCUT2D eigenvalue weighted by atomic mass is 10.3. The monoisotopic (exact) mass is 162 g/mol.